The van der Waals surface area contributed by atoms with Gasteiger partial charge in [0, 0.05) is 10.4 Å². The summed E-state index contributed by atoms with van der Waals surface area (Å²) in [5.41, 5.74) is -0.581. The van der Waals surface area contributed by atoms with E-state index in [2.05, 4.69) is 5.32 Å². The predicted molar refractivity (Wildman–Crippen MR) is 119 cm³/mol. The Kier molecular flexibility index (Phi) is 5.85. The van der Waals surface area contributed by atoms with Crippen molar-refractivity contribution in [1.82, 2.24) is 10.2 Å². The van der Waals surface area contributed by atoms with Crippen LogP contribution >= 0.6 is 11.6 Å². The lowest BCUT2D eigenvalue weighted by molar-refractivity contribution is -0.132. The van der Waals surface area contributed by atoms with Crippen LogP contribution in [0.2, 0.25) is 5.02 Å². The maximum atomic E-state index is 13.2. The highest BCUT2D eigenvalue weighted by atomic mass is 35.5. The monoisotopic (exact) mass is 438 g/mol. The number of hydrogen-bond acceptors (Lipinski definition) is 4. The predicted octanol–water partition coefficient (Wildman–Crippen LogP) is 4.09. The third-order valence-electron chi connectivity index (χ3n) is 5.60. The van der Waals surface area contributed by atoms with E-state index in [0.29, 0.717) is 22.8 Å². The van der Waals surface area contributed by atoms with E-state index in [9.17, 15) is 14.7 Å². The van der Waals surface area contributed by atoms with Gasteiger partial charge in [-0.3, -0.25) is 9.69 Å². The van der Waals surface area contributed by atoms with E-state index in [-0.39, 0.29) is 13.2 Å². The van der Waals surface area contributed by atoms with Crippen LogP contribution in [0.5, 0.6) is 5.75 Å². The summed E-state index contributed by atoms with van der Waals surface area (Å²) >= 11 is 6.09. The van der Waals surface area contributed by atoms with Crippen LogP contribution in [0.25, 0.3) is 10.8 Å². The molecule has 1 saturated heterocycles. The number of rotatable bonds is 7. The van der Waals surface area contributed by atoms with Gasteiger partial charge in [0.2, 0.25) is 0 Å². The normalized spacial score (nSPS) is 19.5. The summed E-state index contributed by atoms with van der Waals surface area (Å²) in [6, 6.07) is 19.8. The van der Waals surface area contributed by atoms with E-state index >= 15 is 0 Å². The Hall–Kier alpha value is -3.09. The van der Waals surface area contributed by atoms with Gasteiger partial charge in [0.05, 0.1) is 6.54 Å². The molecule has 2 N–H and O–H groups in total. The molecule has 0 aromatic heterocycles. The van der Waals surface area contributed by atoms with Gasteiger partial charge in [-0.25, -0.2) is 4.79 Å². The minimum atomic E-state index is -1.20. The Labute approximate surface area is 185 Å². The molecule has 3 aromatic rings. The van der Waals surface area contributed by atoms with Gasteiger partial charge < -0.3 is 15.2 Å². The van der Waals surface area contributed by atoms with E-state index < -0.39 is 23.6 Å². The summed E-state index contributed by atoms with van der Waals surface area (Å²) in [6.07, 6.45) is -0.683. The van der Waals surface area contributed by atoms with Crippen LogP contribution in [0.3, 0.4) is 0 Å². The van der Waals surface area contributed by atoms with Gasteiger partial charge >= 0.3 is 6.03 Å². The van der Waals surface area contributed by atoms with Gasteiger partial charge in [-0.2, -0.15) is 0 Å². The highest BCUT2D eigenvalue weighted by Gasteiger charge is 2.51. The van der Waals surface area contributed by atoms with E-state index in [1.54, 1.807) is 24.3 Å². The van der Waals surface area contributed by atoms with Crippen LogP contribution in [0, 0.1) is 0 Å². The Bertz CT molecular complexity index is 1130. The number of halogens is 1. The molecule has 0 bridgehead atoms. The lowest BCUT2D eigenvalue weighted by Crippen LogP contribution is -2.44. The first-order valence-corrected chi connectivity index (χ1v) is 10.5. The summed E-state index contributed by atoms with van der Waals surface area (Å²) in [5.74, 6) is 0.225. The average Bonchev–Trinajstić information content (AvgIpc) is 3.02. The quantitative estimate of drug-likeness (QED) is 0.544. The van der Waals surface area contributed by atoms with Crippen molar-refractivity contribution in [3.63, 3.8) is 0 Å². The number of imide groups is 1. The van der Waals surface area contributed by atoms with Crippen LogP contribution in [0.1, 0.15) is 18.9 Å². The SMILES string of the molecule is CCC1(c2cccc(Cl)c2)NC(=O)N(CC(O)COc2cccc3ccccc23)C1=O. The number of fused-ring (bicyclic) bond motifs is 1. The molecule has 2 unspecified atom stereocenters. The maximum absolute atomic E-state index is 13.2. The molecule has 7 heteroatoms. The largest absolute Gasteiger partial charge is 0.490 e. The van der Waals surface area contributed by atoms with Crippen LogP contribution in [0.15, 0.2) is 66.7 Å². The molecule has 0 spiro atoms. The Morgan fingerprint density at radius 2 is 1.84 bits per heavy atom. The zero-order chi connectivity index (χ0) is 22.0. The Morgan fingerprint density at radius 1 is 1.10 bits per heavy atom. The molecular formula is C24H23ClN2O4. The summed E-state index contributed by atoms with van der Waals surface area (Å²) in [7, 11) is 0. The van der Waals surface area contributed by atoms with Crippen molar-refractivity contribution in [3.05, 3.63) is 77.3 Å². The van der Waals surface area contributed by atoms with Gasteiger partial charge in [0.1, 0.15) is 24.0 Å². The maximum Gasteiger partial charge on any atom is 0.325 e. The van der Waals surface area contributed by atoms with Gasteiger partial charge in [-0.05, 0) is 35.6 Å². The molecule has 0 aliphatic carbocycles. The van der Waals surface area contributed by atoms with Crippen molar-refractivity contribution in [2.24, 2.45) is 0 Å². The van der Waals surface area contributed by atoms with Crippen molar-refractivity contribution in [2.45, 2.75) is 25.0 Å². The van der Waals surface area contributed by atoms with Crippen LogP contribution in [0.4, 0.5) is 4.79 Å². The number of nitrogens with zero attached hydrogens (tertiary/aromatic N) is 1. The fourth-order valence-electron chi connectivity index (χ4n) is 3.96. The molecule has 1 heterocycles. The van der Waals surface area contributed by atoms with Crippen LogP contribution in [-0.2, 0) is 10.3 Å². The fourth-order valence-corrected chi connectivity index (χ4v) is 4.15. The van der Waals surface area contributed by atoms with Gasteiger partial charge in [0.15, 0.2) is 0 Å². The number of hydrogen-bond donors (Lipinski definition) is 2. The molecule has 3 aromatic carbocycles. The molecule has 0 saturated carbocycles. The first-order valence-electron chi connectivity index (χ1n) is 10.1. The lowest BCUT2D eigenvalue weighted by Gasteiger charge is -2.26. The zero-order valence-electron chi connectivity index (χ0n) is 17.0. The molecule has 1 aliphatic rings. The summed E-state index contributed by atoms with van der Waals surface area (Å²) in [6.45, 7) is 1.60. The second-order valence-corrected chi connectivity index (χ2v) is 7.99. The number of urea groups is 1. The van der Waals surface area contributed by atoms with Gasteiger partial charge in [0.25, 0.3) is 5.91 Å². The molecule has 2 atom stereocenters. The number of nitrogens with one attached hydrogen (secondary N) is 1. The highest BCUT2D eigenvalue weighted by Crippen LogP contribution is 2.34. The zero-order valence-corrected chi connectivity index (χ0v) is 17.8. The van der Waals surface area contributed by atoms with Crippen LogP contribution in [-0.4, -0.2) is 41.2 Å². The third kappa shape index (κ3) is 3.96. The first-order chi connectivity index (χ1) is 14.9. The van der Waals surface area contributed by atoms with Crippen molar-refractivity contribution in [3.8, 4) is 5.75 Å². The highest BCUT2D eigenvalue weighted by molar-refractivity contribution is 6.30. The summed E-state index contributed by atoms with van der Waals surface area (Å²) in [5, 5.41) is 15.7. The molecule has 3 amide bonds. The number of carbonyl (C=O) groups is 2. The van der Waals surface area contributed by atoms with E-state index in [1.165, 1.54) is 0 Å². The Balaban J connectivity index is 1.47. The average molecular weight is 439 g/mol. The molecule has 4 rings (SSSR count). The van der Waals surface area contributed by atoms with Gasteiger partial charge in [-0.1, -0.05) is 67.1 Å². The second-order valence-electron chi connectivity index (χ2n) is 7.56. The first kappa shape index (κ1) is 21.2. The number of carbonyl (C=O) groups excluding carboxylic acids is 2. The van der Waals surface area contributed by atoms with E-state index in [4.69, 9.17) is 16.3 Å². The number of ether oxygens (including phenoxy) is 1. The standard InChI is InChI=1S/C24H23ClN2O4/c1-2-24(17-9-6-10-18(25)13-17)22(29)27(23(30)26-24)14-19(28)15-31-21-12-5-8-16-7-3-4-11-20(16)21/h3-13,19,28H,2,14-15H2,1H3,(H,26,30). The van der Waals surface area contributed by atoms with Crippen molar-refractivity contribution in [2.75, 3.05) is 13.2 Å². The molecule has 6 nitrogen and oxygen atoms in total. The van der Waals surface area contributed by atoms with E-state index in [0.717, 1.165) is 15.7 Å². The smallest absolute Gasteiger partial charge is 0.325 e. The molecule has 160 valence electrons. The molecular weight excluding hydrogens is 416 g/mol. The van der Waals surface area contributed by atoms with E-state index in [1.807, 2.05) is 49.4 Å². The third-order valence-corrected chi connectivity index (χ3v) is 5.83. The number of aliphatic hydroxyl groups is 1. The number of aliphatic hydroxyl groups excluding tert-OH is 1. The number of β-amino-alcohol motifs (C(OH)–C–C–N with tert-alkyl or cyclic N) is 1. The second kappa shape index (κ2) is 8.57. The number of amides is 3. The van der Waals surface area contributed by atoms with Crippen molar-refractivity contribution >= 4 is 34.3 Å². The summed E-state index contributed by atoms with van der Waals surface area (Å²) < 4.78 is 5.80. The minimum absolute atomic E-state index is 0.0542. The minimum Gasteiger partial charge on any atom is -0.490 e. The molecule has 1 fully saturated rings. The number of benzene rings is 3. The topological polar surface area (TPSA) is 78.9 Å². The lowest BCUT2D eigenvalue weighted by atomic mass is 9.87. The summed E-state index contributed by atoms with van der Waals surface area (Å²) in [4.78, 5) is 26.9. The molecule has 31 heavy (non-hydrogen) atoms. The fraction of sp³-hybridized carbons (Fsp3) is 0.250. The van der Waals surface area contributed by atoms with Gasteiger partial charge in [-0.15, -0.1) is 0 Å². The molecule has 0 radical (unpaired) electrons. The Morgan fingerprint density at radius 3 is 2.61 bits per heavy atom. The van der Waals surface area contributed by atoms with Crippen molar-refractivity contribution in [1.29, 1.82) is 0 Å². The van der Waals surface area contributed by atoms with Crippen LogP contribution < -0.4 is 10.1 Å². The molecule has 1 aliphatic heterocycles. The van der Waals surface area contributed by atoms with Crippen molar-refractivity contribution < 1.29 is 19.4 Å².